The van der Waals surface area contributed by atoms with Crippen LogP contribution in [0.5, 0.6) is 0 Å². The Morgan fingerprint density at radius 2 is 1.94 bits per heavy atom. The molecule has 0 aliphatic heterocycles. The van der Waals surface area contributed by atoms with Gasteiger partial charge in [0.25, 0.3) is 0 Å². The molecule has 3 nitrogen and oxygen atoms in total. The fourth-order valence-electron chi connectivity index (χ4n) is 1.94. The minimum Gasteiger partial charge on any atom is -0.380 e. The molecule has 0 saturated carbocycles. The second-order valence-corrected chi connectivity index (χ2v) is 4.07. The molecule has 1 aromatic carbocycles. The molecule has 1 aromatic rings. The van der Waals surface area contributed by atoms with Crippen LogP contribution in [0.2, 0.25) is 0 Å². The Labute approximate surface area is 110 Å². The summed E-state index contributed by atoms with van der Waals surface area (Å²) in [5, 5.41) is 0. The minimum absolute atomic E-state index is 0.195. The van der Waals surface area contributed by atoms with Gasteiger partial charge in [-0.15, -0.1) is 0 Å². The lowest BCUT2D eigenvalue weighted by molar-refractivity contribution is 0.0988. The fraction of sp³-hybridized carbons (Fsp3) is 0.533. The molecule has 0 N–H and O–H groups in total. The van der Waals surface area contributed by atoms with E-state index in [2.05, 4.69) is 11.8 Å². The molecule has 0 fully saturated rings. The highest BCUT2D eigenvalue weighted by molar-refractivity contribution is 6.01. The number of hydrogen-bond acceptors (Lipinski definition) is 3. The largest absolute Gasteiger partial charge is 0.380 e. The number of nitrogens with zero attached hydrogens (tertiary/aromatic N) is 1. The van der Waals surface area contributed by atoms with Gasteiger partial charge >= 0.3 is 0 Å². The smallest absolute Gasteiger partial charge is 0.164 e. The average molecular weight is 249 g/mol. The number of ketones is 1. The van der Waals surface area contributed by atoms with Gasteiger partial charge in [-0.1, -0.05) is 19.1 Å². The molecule has 0 saturated heterocycles. The van der Waals surface area contributed by atoms with E-state index in [9.17, 15) is 4.79 Å². The van der Waals surface area contributed by atoms with Crippen LogP contribution in [0.1, 0.15) is 37.6 Å². The third kappa shape index (κ3) is 3.84. The SMILES string of the molecule is CCOCCN(CC)c1ccccc1C(=O)CC. The third-order valence-corrected chi connectivity index (χ3v) is 2.96. The lowest BCUT2D eigenvalue weighted by atomic mass is 10.1. The standard InChI is InChI=1S/C15H23NO2/c1-4-15(17)13-9-7-8-10-14(13)16(5-2)11-12-18-6-3/h7-10H,4-6,11-12H2,1-3H3. The topological polar surface area (TPSA) is 29.5 Å². The molecule has 0 bridgehead atoms. The molecule has 0 amide bonds. The predicted molar refractivity (Wildman–Crippen MR) is 75.4 cm³/mol. The van der Waals surface area contributed by atoms with E-state index in [1.54, 1.807) is 0 Å². The van der Waals surface area contributed by atoms with Crippen LogP contribution in [0.25, 0.3) is 0 Å². The van der Waals surface area contributed by atoms with Crippen LogP contribution < -0.4 is 4.90 Å². The number of rotatable bonds is 8. The molecule has 0 aliphatic rings. The summed E-state index contributed by atoms with van der Waals surface area (Å²) in [5.74, 6) is 0.195. The lowest BCUT2D eigenvalue weighted by Crippen LogP contribution is -2.28. The van der Waals surface area contributed by atoms with E-state index in [1.807, 2.05) is 38.1 Å². The summed E-state index contributed by atoms with van der Waals surface area (Å²) in [6.07, 6.45) is 0.542. The predicted octanol–water partition coefficient (Wildman–Crippen LogP) is 3.14. The van der Waals surface area contributed by atoms with Crippen LogP contribution in [-0.2, 0) is 4.74 Å². The van der Waals surface area contributed by atoms with Crippen molar-refractivity contribution in [2.45, 2.75) is 27.2 Å². The summed E-state index contributed by atoms with van der Waals surface area (Å²) in [6, 6.07) is 7.82. The van der Waals surface area contributed by atoms with Gasteiger partial charge in [0.2, 0.25) is 0 Å². The first-order valence-corrected chi connectivity index (χ1v) is 6.69. The number of benzene rings is 1. The van der Waals surface area contributed by atoms with Crippen LogP contribution in [0.3, 0.4) is 0 Å². The molecule has 18 heavy (non-hydrogen) atoms. The van der Waals surface area contributed by atoms with E-state index in [0.29, 0.717) is 13.0 Å². The quantitative estimate of drug-likeness (QED) is 0.523. The highest BCUT2D eigenvalue weighted by atomic mass is 16.5. The summed E-state index contributed by atoms with van der Waals surface area (Å²) in [6.45, 7) is 9.10. The van der Waals surface area contributed by atoms with E-state index in [0.717, 1.165) is 30.9 Å². The first-order chi connectivity index (χ1) is 8.74. The molecule has 0 unspecified atom stereocenters. The van der Waals surface area contributed by atoms with Crippen LogP contribution in [0, 0.1) is 0 Å². The number of carbonyl (C=O) groups is 1. The number of hydrogen-bond donors (Lipinski definition) is 0. The van der Waals surface area contributed by atoms with Crippen LogP contribution in [0.15, 0.2) is 24.3 Å². The van der Waals surface area contributed by atoms with Gasteiger partial charge in [-0.3, -0.25) is 4.79 Å². The number of ether oxygens (including phenoxy) is 1. The molecule has 1 rings (SSSR count). The number of carbonyl (C=O) groups excluding carboxylic acids is 1. The maximum atomic E-state index is 11.9. The van der Waals surface area contributed by atoms with Gasteiger partial charge in [0.1, 0.15) is 0 Å². The fourth-order valence-corrected chi connectivity index (χ4v) is 1.94. The maximum Gasteiger partial charge on any atom is 0.164 e. The average Bonchev–Trinajstić information content (AvgIpc) is 2.43. The normalized spacial score (nSPS) is 10.4. The molecule has 0 spiro atoms. The van der Waals surface area contributed by atoms with Crippen LogP contribution in [0.4, 0.5) is 5.69 Å². The Kier molecular flexibility index (Phi) is 6.44. The molecular weight excluding hydrogens is 226 g/mol. The van der Waals surface area contributed by atoms with E-state index in [4.69, 9.17) is 4.74 Å². The number of para-hydroxylation sites is 1. The van der Waals surface area contributed by atoms with E-state index >= 15 is 0 Å². The first-order valence-electron chi connectivity index (χ1n) is 6.69. The van der Waals surface area contributed by atoms with E-state index in [-0.39, 0.29) is 5.78 Å². The number of anilines is 1. The van der Waals surface area contributed by atoms with Gasteiger partial charge in [-0.2, -0.15) is 0 Å². The molecule has 0 aliphatic carbocycles. The van der Waals surface area contributed by atoms with Gasteiger partial charge in [-0.05, 0) is 26.0 Å². The van der Waals surface area contributed by atoms with Crippen LogP contribution in [-0.4, -0.2) is 32.1 Å². The molecule has 0 radical (unpaired) electrons. The van der Waals surface area contributed by atoms with Crippen molar-refractivity contribution in [2.24, 2.45) is 0 Å². The maximum absolute atomic E-state index is 11.9. The van der Waals surface area contributed by atoms with Crippen molar-refractivity contribution in [1.29, 1.82) is 0 Å². The van der Waals surface area contributed by atoms with Crippen molar-refractivity contribution in [3.05, 3.63) is 29.8 Å². The van der Waals surface area contributed by atoms with Gasteiger partial charge in [0.15, 0.2) is 5.78 Å². The van der Waals surface area contributed by atoms with E-state index < -0.39 is 0 Å². The highest BCUT2D eigenvalue weighted by Gasteiger charge is 2.13. The number of likely N-dealkylation sites (N-methyl/N-ethyl adjacent to an activating group) is 1. The second kappa shape index (κ2) is 7.88. The van der Waals surface area contributed by atoms with Crippen molar-refractivity contribution < 1.29 is 9.53 Å². The first kappa shape index (κ1) is 14.7. The molecular formula is C15H23NO2. The summed E-state index contributed by atoms with van der Waals surface area (Å²) in [4.78, 5) is 14.1. The molecule has 3 heteroatoms. The third-order valence-electron chi connectivity index (χ3n) is 2.96. The zero-order valence-electron chi connectivity index (χ0n) is 11.6. The van der Waals surface area contributed by atoms with Gasteiger partial charge in [0, 0.05) is 37.4 Å². The zero-order chi connectivity index (χ0) is 13.4. The Hall–Kier alpha value is -1.35. The van der Waals surface area contributed by atoms with Crippen molar-refractivity contribution in [2.75, 3.05) is 31.2 Å². The van der Waals surface area contributed by atoms with Gasteiger partial charge in [-0.25, -0.2) is 0 Å². The highest BCUT2D eigenvalue weighted by Crippen LogP contribution is 2.21. The number of Topliss-reactive ketones (excluding diaryl/α,β-unsaturated/α-hetero) is 1. The van der Waals surface area contributed by atoms with Gasteiger partial charge in [0.05, 0.1) is 6.61 Å². The van der Waals surface area contributed by atoms with Crippen molar-refractivity contribution in [1.82, 2.24) is 0 Å². The Morgan fingerprint density at radius 1 is 1.22 bits per heavy atom. The van der Waals surface area contributed by atoms with Crippen molar-refractivity contribution in [3.63, 3.8) is 0 Å². The molecule has 0 aromatic heterocycles. The molecule has 0 atom stereocenters. The second-order valence-electron chi connectivity index (χ2n) is 4.07. The summed E-state index contributed by atoms with van der Waals surface area (Å²) < 4.78 is 5.39. The summed E-state index contributed by atoms with van der Waals surface area (Å²) >= 11 is 0. The molecule has 100 valence electrons. The van der Waals surface area contributed by atoms with Gasteiger partial charge < -0.3 is 9.64 Å². The van der Waals surface area contributed by atoms with E-state index in [1.165, 1.54) is 0 Å². The zero-order valence-corrected chi connectivity index (χ0v) is 11.6. The van der Waals surface area contributed by atoms with Crippen molar-refractivity contribution in [3.8, 4) is 0 Å². The Bertz CT molecular complexity index is 377. The Morgan fingerprint density at radius 3 is 2.56 bits per heavy atom. The monoisotopic (exact) mass is 249 g/mol. The molecule has 0 heterocycles. The van der Waals surface area contributed by atoms with Crippen molar-refractivity contribution >= 4 is 11.5 Å². The minimum atomic E-state index is 0.195. The lowest BCUT2D eigenvalue weighted by Gasteiger charge is -2.25. The van der Waals surface area contributed by atoms with Crippen LogP contribution >= 0.6 is 0 Å². The Balaban J connectivity index is 2.87. The summed E-state index contributed by atoms with van der Waals surface area (Å²) in [7, 11) is 0. The summed E-state index contributed by atoms with van der Waals surface area (Å²) in [5.41, 5.74) is 1.84.